The van der Waals surface area contributed by atoms with Crippen molar-refractivity contribution < 1.29 is 4.79 Å². The van der Waals surface area contributed by atoms with Crippen molar-refractivity contribution in [3.63, 3.8) is 0 Å². The van der Waals surface area contributed by atoms with Crippen LogP contribution in [0.4, 0.5) is 0 Å². The van der Waals surface area contributed by atoms with Crippen LogP contribution in [0.2, 0.25) is 0 Å². The second kappa shape index (κ2) is 6.80. The first kappa shape index (κ1) is 12.5. The number of hydrogen-bond donors (Lipinski definition) is 2. The number of rotatable bonds is 6. The highest BCUT2D eigenvalue weighted by atomic mass is 16.1. The summed E-state index contributed by atoms with van der Waals surface area (Å²) in [5, 5.41) is 3.37. The fourth-order valence-corrected chi connectivity index (χ4v) is 2.03. The number of likely N-dealkylation sites (tertiary alicyclic amines) is 1. The molecule has 1 amide bonds. The maximum Gasteiger partial charge on any atom is 0.221 e. The molecule has 0 aliphatic carbocycles. The monoisotopic (exact) mass is 213 g/mol. The van der Waals surface area contributed by atoms with Gasteiger partial charge in [-0.3, -0.25) is 4.79 Å². The van der Waals surface area contributed by atoms with Gasteiger partial charge in [0.2, 0.25) is 5.91 Å². The van der Waals surface area contributed by atoms with Gasteiger partial charge in [-0.25, -0.2) is 0 Å². The highest BCUT2D eigenvalue weighted by Crippen LogP contribution is 2.15. The van der Waals surface area contributed by atoms with Crippen LogP contribution < -0.4 is 11.1 Å². The van der Waals surface area contributed by atoms with E-state index in [4.69, 9.17) is 5.73 Å². The van der Waals surface area contributed by atoms with Gasteiger partial charge in [0.1, 0.15) is 0 Å². The number of carbonyl (C=O) groups is 1. The molecule has 0 aromatic carbocycles. The van der Waals surface area contributed by atoms with Crippen LogP contribution >= 0.6 is 0 Å². The number of nitrogens with two attached hydrogens (primary N) is 1. The highest BCUT2D eigenvalue weighted by molar-refractivity contribution is 5.76. The first-order valence-electron chi connectivity index (χ1n) is 5.96. The van der Waals surface area contributed by atoms with Crippen LogP contribution in [-0.4, -0.2) is 43.5 Å². The van der Waals surface area contributed by atoms with Crippen LogP contribution in [-0.2, 0) is 4.79 Å². The molecule has 4 nitrogen and oxygen atoms in total. The average molecular weight is 213 g/mol. The largest absolute Gasteiger partial charge is 0.369 e. The van der Waals surface area contributed by atoms with E-state index in [1.807, 2.05) is 0 Å². The third kappa shape index (κ3) is 4.62. The van der Waals surface area contributed by atoms with E-state index in [1.54, 1.807) is 0 Å². The van der Waals surface area contributed by atoms with E-state index < -0.39 is 0 Å². The van der Waals surface area contributed by atoms with Gasteiger partial charge in [-0.05, 0) is 32.4 Å². The fourth-order valence-electron chi connectivity index (χ4n) is 2.03. The van der Waals surface area contributed by atoms with Crippen molar-refractivity contribution in [3.8, 4) is 0 Å². The predicted octanol–water partition coefficient (Wildman–Crippen LogP) is 0.183. The zero-order valence-corrected chi connectivity index (χ0v) is 9.67. The Bertz CT molecular complexity index is 196. The van der Waals surface area contributed by atoms with Gasteiger partial charge in [0.15, 0.2) is 0 Å². The van der Waals surface area contributed by atoms with Gasteiger partial charge >= 0.3 is 0 Å². The third-order valence-electron chi connectivity index (χ3n) is 2.94. The number of carbonyl (C=O) groups excluding carboxylic acids is 1. The summed E-state index contributed by atoms with van der Waals surface area (Å²) in [7, 11) is 0. The summed E-state index contributed by atoms with van der Waals surface area (Å²) >= 11 is 0. The number of nitrogens with one attached hydrogen (secondary N) is 1. The molecule has 1 aliphatic rings. The smallest absolute Gasteiger partial charge is 0.221 e. The van der Waals surface area contributed by atoms with Gasteiger partial charge in [-0.1, -0.05) is 6.92 Å². The molecule has 3 N–H and O–H groups in total. The maximum absolute atomic E-state index is 11.1. The van der Waals surface area contributed by atoms with Gasteiger partial charge in [0.25, 0.3) is 0 Å². The lowest BCUT2D eigenvalue weighted by Gasteiger charge is -2.31. The van der Waals surface area contributed by atoms with Gasteiger partial charge in [-0.2, -0.15) is 0 Å². The molecule has 15 heavy (non-hydrogen) atoms. The molecule has 1 heterocycles. The van der Waals surface area contributed by atoms with E-state index in [9.17, 15) is 4.79 Å². The molecule has 0 bridgehead atoms. The van der Waals surface area contributed by atoms with Crippen molar-refractivity contribution in [1.29, 1.82) is 0 Å². The lowest BCUT2D eigenvalue weighted by Crippen LogP contribution is -2.43. The van der Waals surface area contributed by atoms with Gasteiger partial charge in [-0.15, -0.1) is 0 Å². The van der Waals surface area contributed by atoms with E-state index in [0.717, 1.165) is 45.6 Å². The summed E-state index contributed by atoms with van der Waals surface area (Å²) in [6, 6.07) is 0. The zero-order valence-electron chi connectivity index (χ0n) is 9.67. The highest BCUT2D eigenvalue weighted by Gasteiger charge is 2.23. The van der Waals surface area contributed by atoms with Crippen LogP contribution in [0.25, 0.3) is 0 Å². The number of hydrogen-bond acceptors (Lipinski definition) is 3. The average Bonchev–Trinajstić information content (AvgIpc) is 2.25. The molecule has 4 heteroatoms. The summed E-state index contributed by atoms with van der Waals surface area (Å²) < 4.78 is 0. The molecule has 0 aromatic heterocycles. The molecule has 1 rings (SSSR count). The second-order valence-corrected chi connectivity index (χ2v) is 4.29. The zero-order chi connectivity index (χ0) is 11.1. The molecule has 0 spiro atoms. The van der Waals surface area contributed by atoms with Crippen LogP contribution in [0.1, 0.15) is 26.2 Å². The molecule has 0 aromatic rings. The third-order valence-corrected chi connectivity index (χ3v) is 2.94. The minimum Gasteiger partial charge on any atom is -0.369 e. The van der Waals surface area contributed by atoms with E-state index >= 15 is 0 Å². The number of piperidine rings is 1. The SMILES string of the molecule is CCCNCCN1CCCC(C(N)=O)C1. The minimum absolute atomic E-state index is 0.0740. The first-order chi connectivity index (χ1) is 7.24. The summed E-state index contributed by atoms with van der Waals surface area (Å²) in [5.41, 5.74) is 5.32. The summed E-state index contributed by atoms with van der Waals surface area (Å²) in [6.07, 6.45) is 3.24. The van der Waals surface area contributed by atoms with Crippen LogP contribution in [0.15, 0.2) is 0 Å². The molecule has 88 valence electrons. The summed E-state index contributed by atoms with van der Waals surface area (Å²) in [5.74, 6) is -0.0638. The molecule has 1 fully saturated rings. The topological polar surface area (TPSA) is 58.4 Å². The van der Waals surface area contributed by atoms with Crippen molar-refractivity contribution in [2.45, 2.75) is 26.2 Å². The number of primary amides is 1. The van der Waals surface area contributed by atoms with E-state index in [-0.39, 0.29) is 11.8 Å². The Balaban J connectivity index is 2.15. The Kier molecular flexibility index (Phi) is 5.65. The van der Waals surface area contributed by atoms with Gasteiger partial charge in [0.05, 0.1) is 5.92 Å². The fraction of sp³-hybridized carbons (Fsp3) is 0.909. The lowest BCUT2D eigenvalue weighted by atomic mass is 9.97. The van der Waals surface area contributed by atoms with E-state index in [1.165, 1.54) is 6.42 Å². The Morgan fingerprint density at radius 1 is 1.53 bits per heavy atom. The molecule has 0 radical (unpaired) electrons. The standard InChI is InChI=1S/C11H23N3O/c1-2-5-13-6-8-14-7-3-4-10(9-14)11(12)15/h10,13H,2-9H2,1H3,(H2,12,15). The molecule has 0 saturated carbocycles. The van der Waals surface area contributed by atoms with Crippen LogP contribution in [0.3, 0.4) is 0 Å². The normalized spacial score (nSPS) is 22.9. The number of nitrogens with zero attached hydrogens (tertiary/aromatic N) is 1. The van der Waals surface area contributed by atoms with Gasteiger partial charge in [0, 0.05) is 19.6 Å². The van der Waals surface area contributed by atoms with Crippen LogP contribution in [0.5, 0.6) is 0 Å². The first-order valence-corrected chi connectivity index (χ1v) is 5.96. The van der Waals surface area contributed by atoms with Crippen molar-refractivity contribution >= 4 is 5.91 Å². The Morgan fingerprint density at radius 2 is 2.33 bits per heavy atom. The Morgan fingerprint density at radius 3 is 3.00 bits per heavy atom. The number of amides is 1. The summed E-state index contributed by atoms with van der Waals surface area (Å²) in [4.78, 5) is 13.4. The Hall–Kier alpha value is -0.610. The molecular formula is C11H23N3O. The van der Waals surface area contributed by atoms with Crippen molar-refractivity contribution in [2.75, 3.05) is 32.7 Å². The molecular weight excluding hydrogens is 190 g/mol. The summed E-state index contributed by atoms with van der Waals surface area (Å²) in [6.45, 7) is 7.24. The van der Waals surface area contributed by atoms with Gasteiger partial charge < -0.3 is 16.0 Å². The van der Waals surface area contributed by atoms with Crippen molar-refractivity contribution in [2.24, 2.45) is 11.7 Å². The van der Waals surface area contributed by atoms with Crippen LogP contribution in [0, 0.1) is 5.92 Å². The maximum atomic E-state index is 11.1. The minimum atomic E-state index is -0.138. The quantitative estimate of drug-likeness (QED) is 0.619. The predicted molar refractivity (Wildman–Crippen MR) is 61.5 cm³/mol. The van der Waals surface area contributed by atoms with E-state index in [2.05, 4.69) is 17.1 Å². The molecule has 1 aliphatic heterocycles. The molecule has 1 unspecified atom stereocenters. The Labute approximate surface area is 92.2 Å². The van der Waals surface area contributed by atoms with Crippen molar-refractivity contribution in [3.05, 3.63) is 0 Å². The van der Waals surface area contributed by atoms with E-state index in [0.29, 0.717) is 0 Å². The second-order valence-electron chi connectivity index (χ2n) is 4.29. The molecule has 1 saturated heterocycles. The van der Waals surface area contributed by atoms with Crippen molar-refractivity contribution in [1.82, 2.24) is 10.2 Å². The molecule has 1 atom stereocenters. The lowest BCUT2D eigenvalue weighted by molar-refractivity contribution is -0.123.